The summed E-state index contributed by atoms with van der Waals surface area (Å²) >= 11 is 0. The first-order valence-electron chi connectivity index (χ1n) is 8.07. The number of nitrogens with zero attached hydrogens (tertiary/aromatic N) is 2. The van der Waals surface area contributed by atoms with Crippen LogP contribution < -0.4 is 0 Å². The normalized spacial score (nSPS) is 18.6. The second-order valence-electron chi connectivity index (χ2n) is 6.75. The summed E-state index contributed by atoms with van der Waals surface area (Å²) in [5, 5.41) is 0. The zero-order valence-corrected chi connectivity index (χ0v) is 13.9. The molecule has 1 aromatic carbocycles. The van der Waals surface area contributed by atoms with Crippen LogP contribution in [0, 0.1) is 26.7 Å². The van der Waals surface area contributed by atoms with Crippen LogP contribution in [0.2, 0.25) is 0 Å². The summed E-state index contributed by atoms with van der Waals surface area (Å²) in [4.78, 5) is 39.1. The predicted molar refractivity (Wildman–Crippen MR) is 86.0 cm³/mol. The van der Waals surface area contributed by atoms with Crippen molar-refractivity contribution in [2.45, 2.75) is 33.6 Å². The van der Waals surface area contributed by atoms with Crippen LogP contribution in [-0.4, -0.2) is 47.2 Å². The topological polar surface area (TPSA) is 57.7 Å². The summed E-state index contributed by atoms with van der Waals surface area (Å²) in [6.45, 7) is 7.63. The van der Waals surface area contributed by atoms with Crippen LogP contribution in [0.15, 0.2) is 12.1 Å². The number of hydrogen-bond donors (Lipinski definition) is 0. The van der Waals surface area contributed by atoms with E-state index >= 15 is 0 Å². The Morgan fingerprint density at radius 3 is 2.09 bits per heavy atom. The average Bonchev–Trinajstić information content (AvgIpc) is 2.71. The summed E-state index contributed by atoms with van der Waals surface area (Å²) in [5.74, 6) is 0.0985. The predicted octanol–water partition coefficient (Wildman–Crippen LogP) is 1.83. The molecule has 5 heteroatoms. The Bertz CT molecular complexity index is 651. The molecule has 2 aliphatic heterocycles. The summed E-state index contributed by atoms with van der Waals surface area (Å²) < 4.78 is 0. The second kappa shape index (κ2) is 5.80. The molecule has 23 heavy (non-hydrogen) atoms. The van der Waals surface area contributed by atoms with E-state index in [-0.39, 0.29) is 23.6 Å². The molecular weight excluding hydrogens is 292 g/mol. The number of carbonyl (C=O) groups is 3. The highest BCUT2D eigenvalue weighted by atomic mass is 16.2. The van der Waals surface area contributed by atoms with Crippen molar-refractivity contribution < 1.29 is 14.4 Å². The minimum absolute atomic E-state index is 0.0512. The first-order valence-corrected chi connectivity index (χ1v) is 8.07. The number of likely N-dealkylation sites (tertiary alicyclic amines) is 2. The standard InChI is InChI=1S/C18H22N2O3/c1-11-6-12(2)17(13(3)7-11)18(23)19-8-14(9-19)10-20-15(21)4-5-16(20)22/h6-7,14H,4-5,8-10H2,1-3H3. The fourth-order valence-electron chi connectivity index (χ4n) is 3.61. The third-order valence-corrected chi connectivity index (χ3v) is 4.73. The lowest BCUT2D eigenvalue weighted by molar-refractivity contribution is -0.139. The van der Waals surface area contributed by atoms with Crippen LogP contribution >= 0.6 is 0 Å². The molecular formula is C18H22N2O3. The fourth-order valence-corrected chi connectivity index (χ4v) is 3.61. The van der Waals surface area contributed by atoms with Crippen LogP contribution in [0.3, 0.4) is 0 Å². The van der Waals surface area contributed by atoms with Gasteiger partial charge in [0.05, 0.1) is 0 Å². The Morgan fingerprint density at radius 2 is 1.57 bits per heavy atom. The number of amides is 3. The molecule has 2 aliphatic rings. The van der Waals surface area contributed by atoms with Crippen LogP contribution in [0.25, 0.3) is 0 Å². The highest BCUT2D eigenvalue weighted by Crippen LogP contribution is 2.25. The first kappa shape index (κ1) is 15.7. The van der Waals surface area contributed by atoms with E-state index in [1.165, 1.54) is 4.90 Å². The molecule has 3 amide bonds. The van der Waals surface area contributed by atoms with Gasteiger partial charge in [-0.15, -0.1) is 0 Å². The molecule has 0 unspecified atom stereocenters. The van der Waals surface area contributed by atoms with Crippen LogP contribution in [0.1, 0.15) is 39.9 Å². The molecule has 2 fully saturated rings. The number of hydrogen-bond acceptors (Lipinski definition) is 3. The van der Waals surface area contributed by atoms with Crippen molar-refractivity contribution >= 4 is 17.7 Å². The van der Waals surface area contributed by atoms with Crippen molar-refractivity contribution in [2.75, 3.05) is 19.6 Å². The Kier molecular flexibility index (Phi) is 3.96. The van der Waals surface area contributed by atoms with Gasteiger partial charge in [0.15, 0.2) is 0 Å². The van der Waals surface area contributed by atoms with E-state index in [0.29, 0.717) is 32.5 Å². The van der Waals surface area contributed by atoms with Gasteiger partial charge in [0, 0.05) is 44.0 Å². The maximum absolute atomic E-state index is 12.7. The molecule has 2 heterocycles. The van der Waals surface area contributed by atoms with Gasteiger partial charge < -0.3 is 4.90 Å². The van der Waals surface area contributed by atoms with Crippen molar-refractivity contribution in [3.63, 3.8) is 0 Å². The zero-order valence-electron chi connectivity index (χ0n) is 13.9. The molecule has 0 atom stereocenters. The molecule has 0 radical (unpaired) electrons. The van der Waals surface area contributed by atoms with Gasteiger partial charge in [-0.25, -0.2) is 0 Å². The largest absolute Gasteiger partial charge is 0.338 e. The minimum Gasteiger partial charge on any atom is -0.338 e. The van der Waals surface area contributed by atoms with E-state index in [4.69, 9.17) is 0 Å². The van der Waals surface area contributed by atoms with Crippen molar-refractivity contribution in [1.82, 2.24) is 9.80 Å². The van der Waals surface area contributed by atoms with Gasteiger partial charge >= 0.3 is 0 Å². The molecule has 2 saturated heterocycles. The van der Waals surface area contributed by atoms with E-state index in [0.717, 1.165) is 22.3 Å². The average molecular weight is 314 g/mol. The first-order chi connectivity index (χ1) is 10.9. The smallest absolute Gasteiger partial charge is 0.254 e. The summed E-state index contributed by atoms with van der Waals surface area (Å²) in [5.41, 5.74) is 3.94. The van der Waals surface area contributed by atoms with Crippen molar-refractivity contribution in [3.8, 4) is 0 Å². The van der Waals surface area contributed by atoms with Gasteiger partial charge in [-0.05, 0) is 31.9 Å². The van der Waals surface area contributed by atoms with Gasteiger partial charge in [0.1, 0.15) is 0 Å². The molecule has 122 valence electrons. The minimum atomic E-state index is -0.0787. The highest BCUT2D eigenvalue weighted by Gasteiger charge is 2.37. The van der Waals surface area contributed by atoms with E-state index in [1.54, 1.807) is 4.90 Å². The molecule has 0 spiro atoms. The second-order valence-corrected chi connectivity index (χ2v) is 6.75. The number of imide groups is 1. The molecule has 0 saturated carbocycles. The lowest BCUT2D eigenvalue weighted by atomic mass is 9.94. The van der Waals surface area contributed by atoms with E-state index in [1.807, 2.05) is 32.9 Å². The lowest BCUT2D eigenvalue weighted by Crippen LogP contribution is -2.54. The highest BCUT2D eigenvalue weighted by molar-refractivity contribution is 6.02. The van der Waals surface area contributed by atoms with E-state index in [9.17, 15) is 14.4 Å². The Balaban J connectivity index is 1.62. The Hall–Kier alpha value is -2.17. The molecule has 3 rings (SSSR count). The van der Waals surface area contributed by atoms with Crippen LogP contribution in [0.5, 0.6) is 0 Å². The molecule has 0 aliphatic carbocycles. The molecule has 0 aromatic heterocycles. The number of rotatable bonds is 3. The van der Waals surface area contributed by atoms with E-state index < -0.39 is 0 Å². The number of benzene rings is 1. The quantitative estimate of drug-likeness (QED) is 0.800. The van der Waals surface area contributed by atoms with Crippen LogP contribution in [-0.2, 0) is 9.59 Å². The summed E-state index contributed by atoms with van der Waals surface area (Å²) in [6, 6.07) is 4.05. The third-order valence-electron chi connectivity index (χ3n) is 4.73. The monoisotopic (exact) mass is 314 g/mol. The number of aryl methyl sites for hydroxylation is 3. The van der Waals surface area contributed by atoms with Gasteiger partial charge in [-0.3, -0.25) is 19.3 Å². The molecule has 0 N–H and O–H groups in total. The van der Waals surface area contributed by atoms with Crippen molar-refractivity contribution in [3.05, 3.63) is 34.4 Å². The molecule has 1 aromatic rings. The summed E-state index contributed by atoms with van der Waals surface area (Å²) in [7, 11) is 0. The maximum Gasteiger partial charge on any atom is 0.254 e. The molecule has 5 nitrogen and oxygen atoms in total. The van der Waals surface area contributed by atoms with E-state index in [2.05, 4.69) is 0 Å². The maximum atomic E-state index is 12.7. The van der Waals surface area contributed by atoms with Gasteiger partial charge in [-0.1, -0.05) is 17.7 Å². The van der Waals surface area contributed by atoms with Crippen molar-refractivity contribution in [2.24, 2.45) is 5.92 Å². The SMILES string of the molecule is Cc1cc(C)c(C(=O)N2CC(CN3C(=O)CCC3=O)C2)c(C)c1. The molecule has 0 bridgehead atoms. The van der Waals surface area contributed by atoms with Gasteiger partial charge in [0.2, 0.25) is 11.8 Å². The number of carbonyl (C=O) groups excluding carboxylic acids is 3. The van der Waals surface area contributed by atoms with Gasteiger partial charge in [0.25, 0.3) is 5.91 Å². The van der Waals surface area contributed by atoms with Crippen LogP contribution in [0.4, 0.5) is 0 Å². The lowest BCUT2D eigenvalue weighted by Gasteiger charge is -2.41. The van der Waals surface area contributed by atoms with Crippen molar-refractivity contribution in [1.29, 1.82) is 0 Å². The fraction of sp³-hybridized carbons (Fsp3) is 0.500. The summed E-state index contributed by atoms with van der Waals surface area (Å²) in [6.07, 6.45) is 0.659. The zero-order chi connectivity index (χ0) is 16.7. The Labute approximate surface area is 136 Å². The Morgan fingerprint density at radius 1 is 1.04 bits per heavy atom. The third kappa shape index (κ3) is 2.87. The van der Waals surface area contributed by atoms with Gasteiger partial charge in [-0.2, -0.15) is 0 Å².